The smallest absolute Gasteiger partial charge is 0.412 e. The number of hydrogen-bond donors (Lipinski definition) is 0. The average molecular weight is 314 g/mol. The van der Waals surface area contributed by atoms with Crippen molar-refractivity contribution in [2.24, 2.45) is 0 Å². The molecule has 1 radical (unpaired) electrons. The molecule has 10 nitrogen and oxygen atoms in total. The van der Waals surface area contributed by atoms with E-state index < -0.39 is 5.09 Å². The Labute approximate surface area is 93.7 Å². The summed E-state index contributed by atoms with van der Waals surface area (Å²) in [6, 6.07) is 0. The first-order valence-electron chi connectivity index (χ1n) is 0.548. The Bertz CT molecular complexity index is 32.5. The van der Waals surface area contributed by atoms with Gasteiger partial charge in [0.2, 0.25) is 0 Å². The summed E-state index contributed by atoms with van der Waals surface area (Å²) >= 11 is 0. The maximum absolute atomic E-state index is 8.25. The van der Waals surface area contributed by atoms with Crippen LogP contribution in [-0.4, -0.2) is 37.9 Å². The van der Waals surface area contributed by atoms with E-state index in [1.807, 2.05) is 0 Å². The van der Waals surface area contributed by atoms with E-state index in [0.29, 0.717) is 0 Å². The molecule has 0 rings (SSSR count). The minimum atomic E-state index is -1.75. The summed E-state index contributed by atoms with van der Waals surface area (Å²) in [5, 5.41) is 14.8. The molecule has 0 aromatic rings. The van der Waals surface area contributed by atoms with Crippen LogP contribution in [0.1, 0.15) is 0 Å². The molecule has 0 atom stereocenters. The van der Waals surface area contributed by atoms with Crippen molar-refractivity contribution in [3.05, 3.63) is 15.3 Å². The average Bonchev–Trinajstić information content (AvgIpc) is 0.811. The molecule has 0 unspecified atom stereocenters. The second-order valence-corrected chi connectivity index (χ2v) is 0.224. The number of rotatable bonds is 0. The third kappa shape index (κ3) is 7380. The van der Waals surface area contributed by atoms with Gasteiger partial charge < -0.3 is 48.2 Å². The van der Waals surface area contributed by atoms with E-state index in [-0.39, 0.29) is 73.7 Å². The summed E-state index contributed by atoms with van der Waals surface area (Å²) in [6.45, 7) is 0. The molecule has 0 aliphatic carbocycles. The molecule has 73 valence electrons. The molecular formula is H12NNdO9+2. The summed E-state index contributed by atoms with van der Waals surface area (Å²) in [6.07, 6.45) is 0. The Balaban J connectivity index is -0.00000000214. The van der Waals surface area contributed by atoms with Crippen molar-refractivity contribution in [2.45, 2.75) is 0 Å². The summed E-state index contributed by atoms with van der Waals surface area (Å²) in [5.74, 6) is 0. The van der Waals surface area contributed by atoms with Crippen LogP contribution >= 0.6 is 0 Å². The fraction of sp³-hybridized carbons (Fsp3) is 0. The molecule has 0 fully saturated rings. The van der Waals surface area contributed by atoms with E-state index >= 15 is 0 Å². The van der Waals surface area contributed by atoms with Gasteiger partial charge in [0.1, 0.15) is 0 Å². The predicted octanol–water partition coefficient (Wildman–Crippen LogP) is -5.19. The normalized spacial score (nSPS) is 2.18. The molecule has 0 aromatic carbocycles. The molecule has 0 heterocycles. The SMILES string of the molecule is O.O.O.O.O.O.O=[N+]([O-])[O-].[Nd+3]. The van der Waals surface area contributed by atoms with Crippen LogP contribution in [-0.2, 0) is 0 Å². The second kappa shape index (κ2) is 81.5. The van der Waals surface area contributed by atoms with Crippen LogP contribution in [0.4, 0.5) is 0 Å². The zero-order valence-corrected chi connectivity index (χ0v) is 8.38. The fourth-order valence-corrected chi connectivity index (χ4v) is 0. The van der Waals surface area contributed by atoms with Gasteiger partial charge in [0.25, 0.3) is 0 Å². The molecular weight excluding hydrogens is 302 g/mol. The van der Waals surface area contributed by atoms with Crippen molar-refractivity contribution >= 4 is 0 Å². The number of nitrogens with zero attached hydrogens (tertiary/aromatic N) is 1. The fourth-order valence-electron chi connectivity index (χ4n) is 0. The standard InChI is InChI=1S/NO3.Nd.6H2O/c2-1(3)4;;;;;;;/h;;6*1H2/q-1;+3;;;;;;. The third-order valence-electron chi connectivity index (χ3n) is 0. The van der Waals surface area contributed by atoms with Crippen molar-refractivity contribution in [1.29, 1.82) is 0 Å². The van der Waals surface area contributed by atoms with E-state index in [4.69, 9.17) is 15.3 Å². The third-order valence-corrected chi connectivity index (χ3v) is 0. The van der Waals surface area contributed by atoms with Crippen molar-refractivity contribution in [3.8, 4) is 0 Å². The van der Waals surface area contributed by atoms with Gasteiger partial charge in [-0.05, 0) is 0 Å². The van der Waals surface area contributed by atoms with Crippen molar-refractivity contribution in [3.63, 3.8) is 0 Å². The van der Waals surface area contributed by atoms with E-state index in [2.05, 4.69) is 0 Å². The Morgan fingerprint density at radius 1 is 0.727 bits per heavy atom. The monoisotopic (exact) mass is 312 g/mol. The summed E-state index contributed by atoms with van der Waals surface area (Å²) in [7, 11) is 0. The summed E-state index contributed by atoms with van der Waals surface area (Å²) in [5.41, 5.74) is 0. The maximum atomic E-state index is 8.25. The first-order valence-corrected chi connectivity index (χ1v) is 0.548. The van der Waals surface area contributed by atoms with Gasteiger partial charge in [-0.1, -0.05) is 0 Å². The Morgan fingerprint density at radius 3 is 0.727 bits per heavy atom. The minimum Gasteiger partial charge on any atom is -0.412 e. The molecule has 0 amide bonds. The van der Waals surface area contributed by atoms with E-state index in [1.165, 1.54) is 0 Å². The van der Waals surface area contributed by atoms with Crippen LogP contribution in [0.25, 0.3) is 0 Å². The molecule has 11 heavy (non-hydrogen) atoms. The number of hydrogen-bond acceptors (Lipinski definition) is 3. The zero-order valence-electron chi connectivity index (χ0n) is 5.17. The molecule has 11 heteroatoms. The van der Waals surface area contributed by atoms with Crippen LogP contribution < -0.4 is 0 Å². The molecule has 0 aromatic heterocycles. The second-order valence-electron chi connectivity index (χ2n) is 0.224. The molecule has 0 saturated heterocycles. The molecule has 0 spiro atoms. The van der Waals surface area contributed by atoms with Crippen LogP contribution in [0, 0.1) is 56.2 Å². The van der Waals surface area contributed by atoms with E-state index in [9.17, 15) is 0 Å². The van der Waals surface area contributed by atoms with Crippen molar-refractivity contribution < 1.29 is 78.8 Å². The van der Waals surface area contributed by atoms with Gasteiger partial charge in [0, 0.05) is 0 Å². The van der Waals surface area contributed by atoms with Gasteiger partial charge in [-0.3, -0.25) is 0 Å². The minimum absolute atomic E-state index is 0. The van der Waals surface area contributed by atoms with E-state index in [1.54, 1.807) is 0 Å². The van der Waals surface area contributed by atoms with E-state index in [0.717, 1.165) is 0 Å². The molecule has 12 N–H and O–H groups in total. The van der Waals surface area contributed by atoms with Crippen molar-refractivity contribution in [1.82, 2.24) is 0 Å². The van der Waals surface area contributed by atoms with Gasteiger partial charge in [0.15, 0.2) is 0 Å². The van der Waals surface area contributed by atoms with Gasteiger partial charge in [-0.25, -0.2) is 0 Å². The van der Waals surface area contributed by atoms with Gasteiger partial charge >= 0.3 is 40.8 Å². The van der Waals surface area contributed by atoms with Crippen LogP contribution in [0.15, 0.2) is 0 Å². The zero-order chi connectivity index (χ0) is 3.58. The molecule has 0 bridgehead atoms. The van der Waals surface area contributed by atoms with Crippen molar-refractivity contribution in [2.75, 3.05) is 0 Å². The molecule has 0 saturated carbocycles. The Hall–Kier alpha value is 0.311. The first-order chi connectivity index (χ1) is 1.73. The quantitative estimate of drug-likeness (QED) is 0.314. The molecule has 0 aliphatic heterocycles. The maximum Gasteiger partial charge on any atom is 3.00 e. The largest absolute Gasteiger partial charge is 3.00 e. The molecule has 0 aliphatic rings. The van der Waals surface area contributed by atoms with Gasteiger partial charge in [-0.2, -0.15) is 0 Å². The van der Waals surface area contributed by atoms with Gasteiger partial charge in [0.05, 0.1) is 5.09 Å². The Kier molecular flexibility index (Phi) is 813. The van der Waals surface area contributed by atoms with Crippen LogP contribution in [0.3, 0.4) is 0 Å². The van der Waals surface area contributed by atoms with Crippen LogP contribution in [0.2, 0.25) is 0 Å². The first kappa shape index (κ1) is 110. The Morgan fingerprint density at radius 2 is 0.727 bits per heavy atom. The summed E-state index contributed by atoms with van der Waals surface area (Å²) < 4.78 is 0. The predicted molar refractivity (Wildman–Crippen MR) is 32.0 cm³/mol. The summed E-state index contributed by atoms with van der Waals surface area (Å²) in [4.78, 5) is 8.25. The van der Waals surface area contributed by atoms with Crippen LogP contribution in [0.5, 0.6) is 0 Å². The topological polar surface area (TPSA) is 255 Å². The van der Waals surface area contributed by atoms with Gasteiger partial charge in [-0.15, -0.1) is 0 Å².